The first kappa shape index (κ1) is 29.1. The highest BCUT2D eigenvalue weighted by Crippen LogP contribution is 2.13. The fourth-order valence-corrected chi connectivity index (χ4v) is 3.96. The maximum Gasteiger partial charge on any atom is 0.124 e. The Kier molecular flexibility index (Phi) is 16.2. The smallest absolute Gasteiger partial charge is 0.124 e. The summed E-state index contributed by atoms with van der Waals surface area (Å²) in [7, 11) is -1.85. The standard InChI is InChI=1S/C17H38NO.C7H8O3S/c1-4-6-8-9-11-15-18(3,14-10-7-5-2)16-12-13-17-19;1-6-2-4-7(5-3-6)11(8,9)10/h19H,4-17H2,1-3H3;2-5H,1H3,(H,8,9,10)/q+1;/p-1. The molecule has 0 radical (unpaired) electrons. The normalized spacial score (nSPS) is 13.4. The summed E-state index contributed by atoms with van der Waals surface area (Å²) in [6.07, 6.45) is 13.1. The molecule has 0 amide bonds. The van der Waals surface area contributed by atoms with Crippen LogP contribution in [0, 0.1) is 6.92 Å². The van der Waals surface area contributed by atoms with E-state index in [-0.39, 0.29) is 4.90 Å². The van der Waals surface area contributed by atoms with Crippen molar-refractivity contribution in [2.75, 3.05) is 33.3 Å². The number of aryl methyl sites for hydroxylation is 1. The Bertz CT molecular complexity index is 619. The molecule has 5 nitrogen and oxygen atoms in total. The predicted molar refractivity (Wildman–Crippen MR) is 125 cm³/mol. The number of rotatable bonds is 15. The van der Waals surface area contributed by atoms with Crippen molar-refractivity contribution >= 4 is 10.1 Å². The molecular weight excluding hydrogens is 398 g/mol. The minimum atomic E-state index is -4.27. The number of aliphatic hydroxyl groups excluding tert-OH is 1. The van der Waals surface area contributed by atoms with E-state index in [1.54, 1.807) is 12.1 Å². The van der Waals surface area contributed by atoms with Gasteiger partial charge in [0.1, 0.15) is 10.1 Å². The van der Waals surface area contributed by atoms with E-state index in [0.717, 1.165) is 12.0 Å². The third-order valence-corrected chi connectivity index (χ3v) is 6.37. The number of nitrogens with zero attached hydrogens (tertiary/aromatic N) is 1. The SMILES string of the molecule is CCCCCCC[N+](C)(CCCCC)CCCCO.Cc1ccc(S(=O)(=O)[O-])cc1. The zero-order valence-corrected chi connectivity index (χ0v) is 20.6. The van der Waals surface area contributed by atoms with Crippen LogP contribution in [0.25, 0.3) is 0 Å². The molecule has 0 spiro atoms. The lowest BCUT2D eigenvalue weighted by molar-refractivity contribution is -0.910. The zero-order chi connectivity index (χ0) is 22.9. The first-order valence-corrected chi connectivity index (χ1v) is 13.1. The first-order valence-electron chi connectivity index (χ1n) is 11.7. The molecule has 0 aliphatic heterocycles. The average molecular weight is 444 g/mol. The lowest BCUT2D eigenvalue weighted by atomic mass is 10.1. The first-order chi connectivity index (χ1) is 14.2. The molecule has 1 unspecified atom stereocenters. The Balaban J connectivity index is 0.000000642. The molecule has 0 saturated heterocycles. The van der Waals surface area contributed by atoms with E-state index in [2.05, 4.69) is 20.9 Å². The summed E-state index contributed by atoms with van der Waals surface area (Å²) in [5.74, 6) is 0. The van der Waals surface area contributed by atoms with Gasteiger partial charge in [0.25, 0.3) is 0 Å². The van der Waals surface area contributed by atoms with Crippen LogP contribution in [-0.4, -0.2) is 55.8 Å². The van der Waals surface area contributed by atoms with Gasteiger partial charge in [-0.05, 0) is 57.6 Å². The number of hydrogen-bond donors (Lipinski definition) is 1. The molecule has 1 rings (SSSR count). The van der Waals surface area contributed by atoms with Gasteiger partial charge in [-0.2, -0.15) is 0 Å². The van der Waals surface area contributed by atoms with Gasteiger partial charge >= 0.3 is 0 Å². The summed E-state index contributed by atoms with van der Waals surface area (Å²) < 4.78 is 32.4. The minimum Gasteiger partial charge on any atom is -0.744 e. The number of aliphatic hydroxyl groups is 1. The molecule has 0 heterocycles. The van der Waals surface area contributed by atoms with Crippen molar-refractivity contribution in [2.45, 2.75) is 89.9 Å². The number of hydrogen-bond acceptors (Lipinski definition) is 4. The molecule has 1 aromatic rings. The van der Waals surface area contributed by atoms with Gasteiger partial charge in [-0.3, -0.25) is 0 Å². The van der Waals surface area contributed by atoms with E-state index in [4.69, 9.17) is 5.11 Å². The molecule has 1 atom stereocenters. The Labute approximate surface area is 185 Å². The van der Waals surface area contributed by atoms with Crippen molar-refractivity contribution < 1.29 is 22.6 Å². The molecule has 0 saturated carbocycles. The number of quaternary nitrogens is 1. The molecule has 176 valence electrons. The fourth-order valence-electron chi connectivity index (χ4n) is 3.49. The summed E-state index contributed by atoms with van der Waals surface area (Å²) in [4.78, 5) is -0.178. The summed E-state index contributed by atoms with van der Waals surface area (Å²) in [5.41, 5.74) is 0.928. The maximum absolute atomic E-state index is 10.4. The molecule has 6 heteroatoms. The van der Waals surface area contributed by atoms with E-state index in [1.165, 1.54) is 94.0 Å². The molecule has 0 fully saturated rings. The van der Waals surface area contributed by atoms with Gasteiger partial charge in [-0.1, -0.05) is 57.2 Å². The number of benzene rings is 1. The Morgan fingerprint density at radius 3 is 1.70 bits per heavy atom. The second kappa shape index (κ2) is 16.7. The van der Waals surface area contributed by atoms with Gasteiger partial charge in [0.05, 0.1) is 31.6 Å². The second-order valence-corrected chi connectivity index (χ2v) is 9.99. The molecule has 0 aliphatic rings. The van der Waals surface area contributed by atoms with Gasteiger partial charge in [0.2, 0.25) is 0 Å². The quantitative estimate of drug-likeness (QED) is 0.228. The van der Waals surface area contributed by atoms with Crippen molar-refractivity contribution in [1.82, 2.24) is 0 Å². The van der Waals surface area contributed by atoms with Crippen molar-refractivity contribution in [3.63, 3.8) is 0 Å². The molecule has 1 N–H and O–H groups in total. The average Bonchev–Trinajstić information content (AvgIpc) is 2.68. The minimum absolute atomic E-state index is 0.178. The van der Waals surface area contributed by atoms with Gasteiger partial charge in [-0.15, -0.1) is 0 Å². The lowest BCUT2D eigenvalue weighted by Crippen LogP contribution is -2.46. The van der Waals surface area contributed by atoms with Crippen LogP contribution in [0.4, 0.5) is 0 Å². The van der Waals surface area contributed by atoms with E-state index >= 15 is 0 Å². The highest BCUT2D eigenvalue weighted by atomic mass is 32.2. The van der Waals surface area contributed by atoms with E-state index in [9.17, 15) is 13.0 Å². The summed E-state index contributed by atoms with van der Waals surface area (Å²) >= 11 is 0. The molecular formula is C24H45NO4S. The van der Waals surface area contributed by atoms with Crippen molar-refractivity contribution in [1.29, 1.82) is 0 Å². The predicted octanol–water partition coefficient (Wildman–Crippen LogP) is 5.27. The van der Waals surface area contributed by atoms with Crippen molar-refractivity contribution in [2.24, 2.45) is 0 Å². The highest BCUT2D eigenvalue weighted by molar-refractivity contribution is 7.85. The molecule has 0 bridgehead atoms. The molecule has 0 aromatic heterocycles. The Morgan fingerprint density at radius 2 is 1.23 bits per heavy atom. The maximum atomic E-state index is 10.4. The van der Waals surface area contributed by atoms with Crippen LogP contribution >= 0.6 is 0 Å². The van der Waals surface area contributed by atoms with Gasteiger partial charge in [-0.25, -0.2) is 8.42 Å². The Hall–Kier alpha value is -0.950. The third-order valence-electron chi connectivity index (χ3n) is 5.52. The van der Waals surface area contributed by atoms with Gasteiger partial charge in [0.15, 0.2) is 0 Å². The van der Waals surface area contributed by atoms with Crippen molar-refractivity contribution in [3.8, 4) is 0 Å². The third kappa shape index (κ3) is 14.9. The largest absolute Gasteiger partial charge is 0.744 e. The van der Waals surface area contributed by atoms with Crippen LogP contribution in [-0.2, 0) is 10.1 Å². The van der Waals surface area contributed by atoms with E-state index in [1.807, 2.05) is 6.92 Å². The lowest BCUT2D eigenvalue weighted by Gasteiger charge is -2.35. The highest BCUT2D eigenvalue weighted by Gasteiger charge is 2.19. The fraction of sp³-hybridized carbons (Fsp3) is 0.750. The topological polar surface area (TPSA) is 77.4 Å². The summed E-state index contributed by atoms with van der Waals surface area (Å²) in [6.45, 7) is 10.6. The van der Waals surface area contributed by atoms with Crippen LogP contribution in [0.2, 0.25) is 0 Å². The van der Waals surface area contributed by atoms with Crippen molar-refractivity contribution in [3.05, 3.63) is 29.8 Å². The van der Waals surface area contributed by atoms with Crippen LogP contribution < -0.4 is 0 Å². The van der Waals surface area contributed by atoms with Crippen LogP contribution in [0.3, 0.4) is 0 Å². The van der Waals surface area contributed by atoms with Crippen LogP contribution in [0.5, 0.6) is 0 Å². The Morgan fingerprint density at radius 1 is 0.800 bits per heavy atom. The monoisotopic (exact) mass is 443 g/mol. The van der Waals surface area contributed by atoms with Crippen LogP contribution in [0.1, 0.15) is 83.6 Å². The number of unbranched alkanes of at least 4 members (excludes halogenated alkanes) is 7. The van der Waals surface area contributed by atoms with Gasteiger partial charge < -0.3 is 14.1 Å². The molecule has 0 aliphatic carbocycles. The molecule has 30 heavy (non-hydrogen) atoms. The van der Waals surface area contributed by atoms with E-state index < -0.39 is 10.1 Å². The van der Waals surface area contributed by atoms with E-state index in [0.29, 0.717) is 6.61 Å². The van der Waals surface area contributed by atoms with Crippen LogP contribution in [0.15, 0.2) is 29.2 Å². The second-order valence-electron chi connectivity index (χ2n) is 8.61. The summed E-state index contributed by atoms with van der Waals surface area (Å²) in [6, 6.07) is 5.78. The molecule has 1 aromatic carbocycles. The summed E-state index contributed by atoms with van der Waals surface area (Å²) in [5, 5.41) is 8.94. The zero-order valence-electron chi connectivity index (χ0n) is 19.7. The van der Waals surface area contributed by atoms with Gasteiger partial charge in [0, 0.05) is 6.61 Å².